The van der Waals surface area contributed by atoms with E-state index in [1.54, 1.807) is 11.7 Å². The van der Waals surface area contributed by atoms with E-state index in [-0.39, 0.29) is 0 Å². The topological polar surface area (TPSA) is 63.6 Å². The van der Waals surface area contributed by atoms with E-state index >= 15 is 0 Å². The number of hydrogen-bond acceptors (Lipinski definition) is 6. The van der Waals surface area contributed by atoms with E-state index in [0.717, 1.165) is 22.3 Å². The van der Waals surface area contributed by atoms with Gasteiger partial charge in [0.05, 0.1) is 11.4 Å². The summed E-state index contributed by atoms with van der Waals surface area (Å²) in [5, 5.41) is 11.5. The van der Waals surface area contributed by atoms with E-state index in [9.17, 15) is 0 Å². The van der Waals surface area contributed by atoms with Crippen LogP contribution in [0, 0.1) is 0 Å². The molecule has 0 aliphatic heterocycles. The first-order chi connectivity index (χ1) is 8.92. The molecular formula is C12H9N5S. The molecule has 0 radical (unpaired) electrons. The number of pyridine rings is 2. The van der Waals surface area contributed by atoms with Crippen LogP contribution in [0.25, 0.3) is 11.4 Å². The molecular weight excluding hydrogens is 246 g/mol. The predicted molar refractivity (Wildman–Crippen MR) is 70.7 cm³/mol. The lowest BCUT2D eigenvalue weighted by Gasteiger charge is -2.04. The van der Waals surface area contributed by atoms with Crippen molar-refractivity contribution >= 4 is 22.3 Å². The SMILES string of the molecule is c1ccc(-c2cccc(Nc3nncs3)n2)nc1. The van der Waals surface area contributed by atoms with E-state index in [4.69, 9.17) is 0 Å². The summed E-state index contributed by atoms with van der Waals surface area (Å²) in [5.41, 5.74) is 3.34. The van der Waals surface area contributed by atoms with Crippen molar-refractivity contribution in [1.82, 2.24) is 20.2 Å². The highest BCUT2D eigenvalue weighted by Gasteiger charge is 2.03. The smallest absolute Gasteiger partial charge is 0.210 e. The van der Waals surface area contributed by atoms with E-state index in [1.807, 2.05) is 36.4 Å². The van der Waals surface area contributed by atoms with Crippen LogP contribution in [0.1, 0.15) is 0 Å². The normalized spacial score (nSPS) is 10.2. The van der Waals surface area contributed by atoms with Gasteiger partial charge in [-0.3, -0.25) is 4.98 Å². The van der Waals surface area contributed by atoms with Crippen molar-refractivity contribution in [3.8, 4) is 11.4 Å². The highest BCUT2D eigenvalue weighted by atomic mass is 32.1. The van der Waals surface area contributed by atoms with Crippen molar-refractivity contribution in [1.29, 1.82) is 0 Å². The highest BCUT2D eigenvalue weighted by Crippen LogP contribution is 2.19. The predicted octanol–water partition coefficient (Wildman–Crippen LogP) is 2.74. The third-order valence-corrected chi connectivity index (χ3v) is 2.88. The van der Waals surface area contributed by atoms with Gasteiger partial charge in [-0.1, -0.05) is 23.5 Å². The quantitative estimate of drug-likeness (QED) is 0.779. The van der Waals surface area contributed by atoms with Crippen molar-refractivity contribution in [2.24, 2.45) is 0 Å². The van der Waals surface area contributed by atoms with Gasteiger partial charge in [0.2, 0.25) is 5.13 Å². The Balaban J connectivity index is 1.90. The van der Waals surface area contributed by atoms with Gasteiger partial charge in [0.25, 0.3) is 0 Å². The molecule has 88 valence electrons. The lowest BCUT2D eigenvalue weighted by molar-refractivity contribution is 1.09. The molecule has 3 rings (SSSR count). The van der Waals surface area contributed by atoms with Crippen LogP contribution in [0.5, 0.6) is 0 Å². The lowest BCUT2D eigenvalue weighted by atomic mass is 10.2. The molecule has 5 nitrogen and oxygen atoms in total. The van der Waals surface area contributed by atoms with Gasteiger partial charge in [0, 0.05) is 6.20 Å². The fourth-order valence-electron chi connectivity index (χ4n) is 1.50. The molecule has 6 heteroatoms. The van der Waals surface area contributed by atoms with Gasteiger partial charge in [-0.25, -0.2) is 4.98 Å². The summed E-state index contributed by atoms with van der Waals surface area (Å²) >= 11 is 1.43. The molecule has 0 aromatic carbocycles. The Morgan fingerprint density at radius 3 is 2.72 bits per heavy atom. The molecule has 0 spiro atoms. The summed E-state index contributed by atoms with van der Waals surface area (Å²) in [6.07, 6.45) is 1.75. The summed E-state index contributed by atoms with van der Waals surface area (Å²) in [6.45, 7) is 0. The average molecular weight is 255 g/mol. The Labute approximate surface area is 108 Å². The molecule has 3 aromatic heterocycles. The summed E-state index contributed by atoms with van der Waals surface area (Å²) in [7, 11) is 0. The third kappa shape index (κ3) is 2.33. The highest BCUT2D eigenvalue weighted by molar-refractivity contribution is 7.13. The molecule has 0 unspecified atom stereocenters. The zero-order valence-corrected chi connectivity index (χ0v) is 10.1. The molecule has 0 aliphatic carbocycles. The van der Waals surface area contributed by atoms with Gasteiger partial charge < -0.3 is 5.32 Å². The number of aromatic nitrogens is 4. The Bertz CT molecular complexity index is 624. The summed E-state index contributed by atoms with van der Waals surface area (Å²) in [6, 6.07) is 11.5. The second-order valence-corrected chi connectivity index (χ2v) is 4.33. The fraction of sp³-hybridized carbons (Fsp3) is 0. The Morgan fingerprint density at radius 1 is 1.00 bits per heavy atom. The first-order valence-corrected chi connectivity index (χ1v) is 6.21. The zero-order chi connectivity index (χ0) is 12.2. The van der Waals surface area contributed by atoms with Crippen LogP contribution in [0.4, 0.5) is 10.9 Å². The molecule has 0 fully saturated rings. The van der Waals surface area contributed by atoms with Gasteiger partial charge in [-0.05, 0) is 24.3 Å². The van der Waals surface area contributed by atoms with Crippen molar-refractivity contribution < 1.29 is 0 Å². The monoisotopic (exact) mass is 255 g/mol. The Morgan fingerprint density at radius 2 is 1.94 bits per heavy atom. The molecule has 0 atom stereocenters. The minimum atomic E-state index is 0.723. The number of anilines is 2. The maximum absolute atomic E-state index is 4.48. The molecule has 0 bridgehead atoms. The minimum absolute atomic E-state index is 0.723. The molecule has 0 saturated carbocycles. The molecule has 0 aliphatic rings. The lowest BCUT2D eigenvalue weighted by Crippen LogP contribution is -1.95. The van der Waals surface area contributed by atoms with E-state index in [0.29, 0.717) is 0 Å². The van der Waals surface area contributed by atoms with Crippen molar-refractivity contribution in [3.05, 3.63) is 48.1 Å². The second-order valence-electron chi connectivity index (χ2n) is 3.49. The van der Waals surface area contributed by atoms with Gasteiger partial charge in [-0.15, -0.1) is 10.2 Å². The summed E-state index contributed by atoms with van der Waals surface area (Å²) in [4.78, 5) is 8.75. The zero-order valence-electron chi connectivity index (χ0n) is 9.32. The van der Waals surface area contributed by atoms with Gasteiger partial charge in [-0.2, -0.15) is 0 Å². The summed E-state index contributed by atoms with van der Waals surface area (Å²) in [5.74, 6) is 0.731. The first kappa shape index (κ1) is 10.8. The van der Waals surface area contributed by atoms with Gasteiger partial charge in [0.15, 0.2) is 0 Å². The maximum Gasteiger partial charge on any atom is 0.210 e. The van der Waals surface area contributed by atoms with Crippen molar-refractivity contribution in [2.45, 2.75) is 0 Å². The van der Waals surface area contributed by atoms with E-state index in [2.05, 4.69) is 25.5 Å². The Hall–Kier alpha value is -2.34. The Kier molecular flexibility index (Phi) is 2.93. The van der Waals surface area contributed by atoms with Crippen LogP contribution < -0.4 is 5.32 Å². The van der Waals surface area contributed by atoms with Gasteiger partial charge >= 0.3 is 0 Å². The first-order valence-electron chi connectivity index (χ1n) is 5.33. The molecule has 0 saturated heterocycles. The number of rotatable bonds is 3. The van der Waals surface area contributed by atoms with E-state index in [1.165, 1.54) is 11.3 Å². The summed E-state index contributed by atoms with van der Waals surface area (Å²) < 4.78 is 0. The fourth-order valence-corrected chi connectivity index (χ4v) is 1.95. The molecule has 1 N–H and O–H groups in total. The maximum atomic E-state index is 4.48. The van der Waals surface area contributed by atoms with Crippen LogP contribution in [0.2, 0.25) is 0 Å². The second kappa shape index (κ2) is 4.89. The standard InChI is InChI=1S/C12H9N5S/c1-2-7-13-9(4-1)10-5-3-6-11(15-10)16-12-17-14-8-18-12/h1-8H,(H,15,16,17). The van der Waals surface area contributed by atoms with Crippen LogP contribution >= 0.6 is 11.3 Å². The minimum Gasteiger partial charge on any atom is -0.315 e. The average Bonchev–Trinajstić information content (AvgIpc) is 2.93. The third-order valence-electron chi connectivity index (χ3n) is 2.27. The number of hydrogen-bond donors (Lipinski definition) is 1. The van der Waals surface area contributed by atoms with Crippen molar-refractivity contribution in [2.75, 3.05) is 5.32 Å². The van der Waals surface area contributed by atoms with Crippen LogP contribution in [-0.4, -0.2) is 20.2 Å². The molecule has 18 heavy (non-hydrogen) atoms. The van der Waals surface area contributed by atoms with Crippen molar-refractivity contribution in [3.63, 3.8) is 0 Å². The van der Waals surface area contributed by atoms with Crippen LogP contribution in [-0.2, 0) is 0 Å². The van der Waals surface area contributed by atoms with Crippen LogP contribution in [0.3, 0.4) is 0 Å². The number of nitrogens with zero attached hydrogens (tertiary/aromatic N) is 4. The molecule has 3 aromatic rings. The number of nitrogens with one attached hydrogen (secondary N) is 1. The molecule has 0 amide bonds. The van der Waals surface area contributed by atoms with E-state index < -0.39 is 0 Å². The molecule has 3 heterocycles. The van der Waals surface area contributed by atoms with Gasteiger partial charge in [0.1, 0.15) is 11.3 Å². The van der Waals surface area contributed by atoms with Crippen LogP contribution in [0.15, 0.2) is 48.1 Å². The largest absolute Gasteiger partial charge is 0.315 e.